The number of aromatic nitrogens is 2. The van der Waals surface area contributed by atoms with Gasteiger partial charge in [-0.3, -0.25) is 5.10 Å². The van der Waals surface area contributed by atoms with Gasteiger partial charge in [0.15, 0.2) is 0 Å². The van der Waals surface area contributed by atoms with Crippen molar-refractivity contribution in [1.29, 1.82) is 0 Å². The molecular weight excluding hydrogens is 328 g/mol. The van der Waals surface area contributed by atoms with Crippen LogP contribution in [0.15, 0.2) is 35.0 Å². The van der Waals surface area contributed by atoms with Gasteiger partial charge in [-0.25, -0.2) is 0 Å². The zero-order valence-corrected chi connectivity index (χ0v) is 15.4. The quantitative estimate of drug-likeness (QED) is 0.746. The standard InChI is InChI=1S/C20H24N4S/c1-24-16-3-4-17(24)10-15(9-16)21-11-20-18-8-13(14-6-7-25-12-14)2-5-19(18)22-23-20/h2,5-8,12,15-17,21H,3-4,9-11H2,1H3,(H,22,23). The summed E-state index contributed by atoms with van der Waals surface area (Å²) >= 11 is 1.74. The Labute approximate surface area is 152 Å². The molecule has 3 aromatic rings. The van der Waals surface area contributed by atoms with E-state index in [-0.39, 0.29) is 0 Å². The van der Waals surface area contributed by atoms with Gasteiger partial charge in [-0.1, -0.05) is 6.07 Å². The number of hydrogen-bond donors (Lipinski definition) is 2. The fraction of sp³-hybridized carbons (Fsp3) is 0.450. The van der Waals surface area contributed by atoms with Gasteiger partial charge >= 0.3 is 0 Å². The van der Waals surface area contributed by atoms with Crippen molar-refractivity contribution in [3.05, 3.63) is 40.7 Å². The van der Waals surface area contributed by atoms with Crippen molar-refractivity contribution in [2.24, 2.45) is 0 Å². The monoisotopic (exact) mass is 352 g/mol. The summed E-state index contributed by atoms with van der Waals surface area (Å²) in [6.45, 7) is 0.848. The highest BCUT2D eigenvalue weighted by atomic mass is 32.1. The number of piperidine rings is 1. The molecule has 0 radical (unpaired) electrons. The number of benzene rings is 1. The highest BCUT2D eigenvalue weighted by molar-refractivity contribution is 7.08. The summed E-state index contributed by atoms with van der Waals surface area (Å²) in [5, 5.41) is 17.1. The third kappa shape index (κ3) is 2.80. The molecule has 0 spiro atoms. The summed E-state index contributed by atoms with van der Waals surface area (Å²) in [7, 11) is 2.30. The number of nitrogens with zero attached hydrogens (tertiary/aromatic N) is 2. The third-order valence-electron chi connectivity index (χ3n) is 6.15. The minimum atomic E-state index is 0.625. The summed E-state index contributed by atoms with van der Waals surface area (Å²) in [6, 6.07) is 11.0. The first-order valence-corrected chi connectivity index (χ1v) is 10.2. The number of fused-ring (bicyclic) bond motifs is 3. The van der Waals surface area contributed by atoms with Crippen LogP contribution in [0.1, 0.15) is 31.4 Å². The van der Waals surface area contributed by atoms with Crippen LogP contribution in [0.25, 0.3) is 22.0 Å². The average molecular weight is 353 g/mol. The van der Waals surface area contributed by atoms with Gasteiger partial charge in [0, 0.05) is 30.1 Å². The first-order valence-electron chi connectivity index (χ1n) is 9.23. The lowest BCUT2D eigenvalue weighted by Crippen LogP contribution is -2.47. The minimum absolute atomic E-state index is 0.625. The van der Waals surface area contributed by atoms with E-state index in [9.17, 15) is 0 Å². The molecule has 2 bridgehead atoms. The fourth-order valence-corrected chi connectivity index (χ4v) is 5.30. The number of hydrogen-bond acceptors (Lipinski definition) is 4. The van der Waals surface area contributed by atoms with E-state index in [1.165, 1.54) is 42.2 Å². The number of thiophene rings is 1. The predicted molar refractivity (Wildman–Crippen MR) is 104 cm³/mol. The number of H-pyrrole nitrogens is 1. The van der Waals surface area contributed by atoms with E-state index < -0.39 is 0 Å². The second-order valence-corrected chi connectivity index (χ2v) is 8.32. The first-order chi connectivity index (χ1) is 12.3. The molecule has 1 aromatic carbocycles. The minimum Gasteiger partial charge on any atom is -0.308 e. The Morgan fingerprint density at radius 2 is 2.04 bits per heavy atom. The molecule has 4 heterocycles. The predicted octanol–water partition coefficient (Wildman–Crippen LogP) is 4.01. The largest absolute Gasteiger partial charge is 0.308 e. The summed E-state index contributed by atoms with van der Waals surface area (Å²) in [5.74, 6) is 0. The zero-order valence-electron chi connectivity index (χ0n) is 14.5. The van der Waals surface area contributed by atoms with Crippen LogP contribution >= 0.6 is 11.3 Å². The summed E-state index contributed by atoms with van der Waals surface area (Å²) in [4.78, 5) is 2.59. The third-order valence-corrected chi connectivity index (χ3v) is 6.84. The highest BCUT2D eigenvalue weighted by Crippen LogP contribution is 2.34. The number of rotatable bonds is 4. The maximum Gasteiger partial charge on any atom is 0.0838 e. The van der Waals surface area contributed by atoms with Crippen molar-refractivity contribution in [3.8, 4) is 11.1 Å². The van der Waals surface area contributed by atoms with Crippen LogP contribution < -0.4 is 5.32 Å². The molecule has 2 aliphatic rings. The molecule has 5 rings (SSSR count). The van der Waals surface area contributed by atoms with Crippen LogP contribution in [-0.2, 0) is 6.54 Å². The van der Waals surface area contributed by atoms with Crippen molar-refractivity contribution in [2.45, 2.75) is 50.4 Å². The zero-order chi connectivity index (χ0) is 16.8. The van der Waals surface area contributed by atoms with E-state index in [0.717, 1.165) is 29.8 Å². The maximum absolute atomic E-state index is 4.58. The van der Waals surface area contributed by atoms with Crippen LogP contribution in [0.4, 0.5) is 0 Å². The Hall–Kier alpha value is -1.69. The number of aromatic amines is 1. The van der Waals surface area contributed by atoms with E-state index >= 15 is 0 Å². The van der Waals surface area contributed by atoms with Crippen molar-refractivity contribution in [2.75, 3.05) is 7.05 Å². The van der Waals surface area contributed by atoms with Crippen molar-refractivity contribution >= 4 is 22.2 Å². The average Bonchev–Trinajstić information content (AvgIpc) is 3.33. The highest BCUT2D eigenvalue weighted by Gasteiger charge is 2.38. The smallest absolute Gasteiger partial charge is 0.0838 e. The lowest BCUT2D eigenvalue weighted by atomic mass is 9.98. The maximum atomic E-state index is 4.58. The van der Waals surface area contributed by atoms with Crippen LogP contribution in [0.5, 0.6) is 0 Å². The molecule has 0 amide bonds. The summed E-state index contributed by atoms with van der Waals surface area (Å²) in [6.07, 6.45) is 5.29. The molecule has 2 unspecified atom stereocenters. The van der Waals surface area contributed by atoms with Crippen molar-refractivity contribution in [1.82, 2.24) is 20.4 Å². The Morgan fingerprint density at radius 1 is 1.20 bits per heavy atom. The van der Waals surface area contributed by atoms with E-state index in [4.69, 9.17) is 0 Å². The SMILES string of the molecule is CN1C2CCC1CC(NCc1n[nH]c3ccc(-c4ccsc4)cc13)C2. The summed E-state index contributed by atoms with van der Waals surface area (Å²) < 4.78 is 0. The Morgan fingerprint density at radius 3 is 2.80 bits per heavy atom. The molecule has 25 heavy (non-hydrogen) atoms. The second kappa shape index (κ2) is 6.24. The van der Waals surface area contributed by atoms with Gasteiger partial charge in [-0.2, -0.15) is 16.4 Å². The molecule has 2 atom stereocenters. The van der Waals surface area contributed by atoms with Gasteiger partial charge < -0.3 is 10.2 Å². The molecule has 2 aliphatic heterocycles. The molecule has 2 fully saturated rings. The lowest BCUT2D eigenvalue weighted by Gasteiger charge is -2.36. The van der Waals surface area contributed by atoms with Gasteiger partial charge in [0.05, 0.1) is 11.2 Å². The van der Waals surface area contributed by atoms with Crippen LogP contribution in [-0.4, -0.2) is 40.3 Å². The molecule has 4 nitrogen and oxygen atoms in total. The molecule has 5 heteroatoms. The Kier molecular flexibility index (Phi) is 3.88. The van der Waals surface area contributed by atoms with E-state index in [1.807, 2.05) is 0 Å². The van der Waals surface area contributed by atoms with E-state index in [2.05, 4.69) is 62.5 Å². The van der Waals surface area contributed by atoms with Gasteiger partial charge in [0.1, 0.15) is 0 Å². The topological polar surface area (TPSA) is 44.0 Å². The van der Waals surface area contributed by atoms with Gasteiger partial charge in [0.25, 0.3) is 0 Å². The molecule has 2 saturated heterocycles. The second-order valence-electron chi connectivity index (χ2n) is 7.54. The molecule has 130 valence electrons. The van der Waals surface area contributed by atoms with Crippen molar-refractivity contribution < 1.29 is 0 Å². The van der Waals surface area contributed by atoms with Gasteiger partial charge in [0.2, 0.25) is 0 Å². The summed E-state index contributed by atoms with van der Waals surface area (Å²) in [5.41, 5.74) is 4.82. The number of nitrogens with one attached hydrogen (secondary N) is 2. The van der Waals surface area contributed by atoms with E-state index in [0.29, 0.717) is 6.04 Å². The first kappa shape index (κ1) is 15.6. The van der Waals surface area contributed by atoms with Gasteiger partial charge in [-0.05, 0) is 72.8 Å². The normalized spacial score (nSPS) is 26.5. The lowest BCUT2D eigenvalue weighted by molar-refractivity contribution is 0.148. The van der Waals surface area contributed by atoms with Crippen LogP contribution in [0.2, 0.25) is 0 Å². The van der Waals surface area contributed by atoms with E-state index in [1.54, 1.807) is 11.3 Å². The Bertz CT molecular complexity index is 855. The molecule has 2 aromatic heterocycles. The Balaban J connectivity index is 1.34. The molecule has 0 aliphatic carbocycles. The van der Waals surface area contributed by atoms with Crippen molar-refractivity contribution in [3.63, 3.8) is 0 Å². The molecule has 2 N–H and O–H groups in total. The molecular formula is C20H24N4S. The van der Waals surface area contributed by atoms with Crippen LogP contribution in [0.3, 0.4) is 0 Å². The fourth-order valence-electron chi connectivity index (χ4n) is 4.63. The molecule has 0 saturated carbocycles. The van der Waals surface area contributed by atoms with Gasteiger partial charge in [-0.15, -0.1) is 0 Å². The van der Waals surface area contributed by atoms with Crippen LogP contribution in [0, 0.1) is 0 Å².